The van der Waals surface area contributed by atoms with Gasteiger partial charge >= 0.3 is 0 Å². The minimum atomic E-state index is -1.93. The van der Waals surface area contributed by atoms with Gasteiger partial charge in [-0.2, -0.15) is 0 Å². The van der Waals surface area contributed by atoms with Gasteiger partial charge in [-0.25, -0.2) is 14.4 Å². The van der Waals surface area contributed by atoms with Gasteiger partial charge in [0.1, 0.15) is 23.2 Å². The molecule has 0 bridgehead atoms. The number of nitrogens with zero attached hydrogens (tertiary/aromatic N) is 3. The summed E-state index contributed by atoms with van der Waals surface area (Å²) in [5, 5.41) is 3.05. The molecule has 1 N–H and O–H groups in total. The molecule has 2 atom stereocenters. The van der Waals surface area contributed by atoms with E-state index in [1.165, 1.54) is 12.3 Å². The van der Waals surface area contributed by atoms with Crippen molar-refractivity contribution in [3.05, 3.63) is 42.5 Å². The molecule has 1 aliphatic heterocycles. The lowest BCUT2D eigenvalue weighted by molar-refractivity contribution is -0.117. The third-order valence-electron chi connectivity index (χ3n) is 7.11. The van der Waals surface area contributed by atoms with E-state index in [0.29, 0.717) is 24.2 Å². The number of halogens is 1. The summed E-state index contributed by atoms with van der Waals surface area (Å²) >= 11 is 0. The van der Waals surface area contributed by atoms with Gasteiger partial charge in [0.25, 0.3) is 8.32 Å². The maximum atomic E-state index is 13.3. The number of anilines is 2. The van der Waals surface area contributed by atoms with E-state index in [1.807, 2.05) is 12.1 Å². The van der Waals surface area contributed by atoms with Crippen LogP contribution in [0.1, 0.15) is 59.8 Å². The van der Waals surface area contributed by atoms with E-state index in [9.17, 15) is 9.18 Å². The highest BCUT2D eigenvalue weighted by Crippen LogP contribution is 2.37. The first-order valence-electron chi connectivity index (χ1n) is 12.3. The molecule has 1 amide bonds. The van der Waals surface area contributed by atoms with Gasteiger partial charge in [-0.3, -0.25) is 4.79 Å². The number of carbonyl (C=O) groups excluding carboxylic acids is 1. The third kappa shape index (κ3) is 6.78. The fraction of sp³-hybridized carbons (Fsp3) is 0.577. The fourth-order valence-electron chi connectivity index (χ4n) is 4.18. The van der Waals surface area contributed by atoms with Crippen molar-refractivity contribution in [1.82, 2.24) is 9.97 Å². The number of hydrogen-bond donors (Lipinski definition) is 1. The molecule has 3 rings (SSSR count). The number of aromatic nitrogens is 2. The number of rotatable bonds is 8. The van der Waals surface area contributed by atoms with Crippen LogP contribution in [-0.2, 0) is 4.79 Å². The summed E-state index contributed by atoms with van der Waals surface area (Å²) in [4.78, 5) is 23.7. The van der Waals surface area contributed by atoms with Gasteiger partial charge < -0.3 is 14.6 Å². The number of nitrogens with one attached hydrogen (secondary N) is 1. The summed E-state index contributed by atoms with van der Waals surface area (Å²) in [5.74, 6) is 2.07. The fourth-order valence-corrected chi connectivity index (χ4v) is 5.20. The van der Waals surface area contributed by atoms with E-state index in [2.05, 4.69) is 61.0 Å². The largest absolute Gasteiger partial charge is 0.542 e. The Hall–Kier alpha value is -2.48. The average Bonchev–Trinajstić information content (AvgIpc) is 2.75. The Labute approximate surface area is 204 Å². The van der Waals surface area contributed by atoms with Gasteiger partial charge in [0.15, 0.2) is 0 Å². The zero-order chi connectivity index (χ0) is 24.9. The van der Waals surface area contributed by atoms with Crippen LogP contribution in [0.2, 0.25) is 18.1 Å². The molecule has 1 saturated heterocycles. The van der Waals surface area contributed by atoms with Crippen LogP contribution < -0.4 is 14.6 Å². The predicted octanol–water partition coefficient (Wildman–Crippen LogP) is 6.41. The van der Waals surface area contributed by atoms with E-state index in [1.54, 1.807) is 12.3 Å². The number of amides is 1. The SMILES string of the molecule is CCCC1CC(CC(=O)Nc2ccc(O[Si](C)(C)C(C)(C)C)cn2)CCN1c1ccc(F)cn1. The van der Waals surface area contributed by atoms with Crippen molar-refractivity contribution in [1.29, 1.82) is 0 Å². The highest BCUT2D eigenvalue weighted by molar-refractivity contribution is 6.74. The van der Waals surface area contributed by atoms with Crippen molar-refractivity contribution in [2.75, 3.05) is 16.8 Å². The second-order valence-electron chi connectivity index (χ2n) is 10.9. The minimum Gasteiger partial charge on any atom is -0.542 e. The zero-order valence-corrected chi connectivity index (χ0v) is 22.4. The number of piperidine rings is 1. The van der Waals surface area contributed by atoms with Crippen molar-refractivity contribution >= 4 is 25.9 Å². The number of pyridine rings is 2. The summed E-state index contributed by atoms with van der Waals surface area (Å²) in [5.41, 5.74) is 0. The summed E-state index contributed by atoms with van der Waals surface area (Å²) in [7, 11) is -1.93. The Morgan fingerprint density at radius 3 is 2.56 bits per heavy atom. The van der Waals surface area contributed by atoms with Crippen LogP contribution in [0.5, 0.6) is 5.75 Å². The highest BCUT2D eigenvalue weighted by atomic mass is 28.4. The van der Waals surface area contributed by atoms with Gasteiger partial charge in [-0.15, -0.1) is 0 Å². The molecular formula is C26H39FN4O2Si. The van der Waals surface area contributed by atoms with Crippen molar-refractivity contribution < 1.29 is 13.6 Å². The molecule has 2 unspecified atom stereocenters. The van der Waals surface area contributed by atoms with Crippen LogP contribution in [0.15, 0.2) is 36.7 Å². The molecule has 1 fully saturated rings. The molecule has 6 nitrogen and oxygen atoms in total. The molecule has 2 aromatic rings. The molecule has 34 heavy (non-hydrogen) atoms. The summed E-state index contributed by atoms with van der Waals surface area (Å²) in [6, 6.07) is 7.20. The Morgan fingerprint density at radius 2 is 1.97 bits per heavy atom. The van der Waals surface area contributed by atoms with Crippen LogP contribution in [0, 0.1) is 11.7 Å². The standard InChI is InChI=1S/C26H39FN4O2Si/c1-7-8-21-15-19(13-14-31(21)24-12-9-20(27)17-29-24)16-25(32)30-23-11-10-22(18-28-23)33-34(5,6)26(2,3)4/h9-12,17-19,21H,7-8,13-16H2,1-6H3,(H,28,30,32). The summed E-state index contributed by atoms with van der Waals surface area (Å²) in [6.45, 7) is 14.0. The monoisotopic (exact) mass is 486 g/mol. The van der Waals surface area contributed by atoms with E-state index in [0.717, 1.165) is 43.8 Å². The second kappa shape index (κ2) is 10.8. The normalized spacial score (nSPS) is 19.1. The molecule has 0 aliphatic carbocycles. The lowest BCUT2D eigenvalue weighted by atomic mass is 9.86. The second-order valence-corrected chi connectivity index (χ2v) is 15.6. The molecule has 8 heteroatoms. The van der Waals surface area contributed by atoms with E-state index in [4.69, 9.17) is 4.43 Å². The van der Waals surface area contributed by atoms with Crippen LogP contribution in [0.4, 0.5) is 16.0 Å². The summed E-state index contributed by atoms with van der Waals surface area (Å²) in [6.07, 6.45) is 7.33. The highest BCUT2D eigenvalue weighted by Gasteiger charge is 2.39. The van der Waals surface area contributed by atoms with Crippen LogP contribution in [-0.4, -0.2) is 36.8 Å². The maximum absolute atomic E-state index is 13.3. The van der Waals surface area contributed by atoms with Gasteiger partial charge in [0.05, 0.1) is 12.4 Å². The van der Waals surface area contributed by atoms with Crippen LogP contribution in [0.25, 0.3) is 0 Å². The number of hydrogen-bond acceptors (Lipinski definition) is 5. The molecule has 2 aromatic heterocycles. The predicted molar refractivity (Wildman–Crippen MR) is 138 cm³/mol. The molecule has 0 aromatic carbocycles. The third-order valence-corrected chi connectivity index (χ3v) is 11.5. The first kappa shape index (κ1) is 26.1. The van der Waals surface area contributed by atoms with Gasteiger partial charge in [-0.05, 0) is 67.6 Å². The van der Waals surface area contributed by atoms with Crippen molar-refractivity contribution in [2.45, 2.75) is 84.0 Å². The van der Waals surface area contributed by atoms with Gasteiger partial charge in [0.2, 0.25) is 5.91 Å². The zero-order valence-electron chi connectivity index (χ0n) is 21.4. The first-order valence-corrected chi connectivity index (χ1v) is 15.2. The van der Waals surface area contributed by atoms with E-state index < -0.39 is 8.32 Å². The van der Waals surface area contributed by atoms with Crippen molar-refractivity contribution in [2.24, 2.45) is 5.92 Å². The quantitative estimate of drug-likeness (QED) is 0.437. The van der Waals surface area contributed by atoms with Crippen molar-refractivity contribution in [3.63, 3.8) is 0 Å². The molecule has 186 valence electrons. The molecule has 0 spiro atoms. The Bertz CT molecular complexity index is 945. The van der Waals surface area contributed by atoms with Crippen LogP contribution in [0.3, 0.4) is 0 Å². The minimum absolute atomic E-state index is 0.0147. The molecular weight excluding hydrogens is 447 g/mol. The van der Waals surface area contributed by atoms with Crippen molar-refractivity contribution in [3.8, 4) is 5.75 Å². The van der Waals surface area contributed by atoms with Gasteiger partial charge in [0, 0.05) is 19.0 Å². The Kier molecular flexibility index (Phi) is 8.33. The topological polar surface area (TPSA) is 67.3 Å². The molecule has 0 radical (unpaired) electrons. The first-order chi connectivity index (χ1) is 16.0. The Morgan fingerprint density at radius 1 is 1.21 bits per heavy atom. The lowest BCUT2D eigenvalue weighted by Gasteiger charge is -2.40. The smallest absolute Gasteiger partial charge is 0.250 e. The van der Waals surface area contributed by atoms with E-state index in [-0.39, 0.29) is 16.8 Å². The maximum Gasteiger partial charge on any atom is 0.250 e. The average molecular weight is 487 g/mol. The van der Waals surface area contributed by atoms with Gasteiger partial charge in [-0.1, -0.05) is 34.1 Å². The lowest BCUT2D eigenvalue weighted by Crippen LogP contribution is -2.44. The molecule has 0 saturated carbocycles. The summed E-state index contributed by atoms with van der Waals surface area (Å²) < 4.78 is 19.6. The van der Waals surface area contributed by atoms with E-state index >= 15 is 0 Å². The number of carbonyl (C=O) groups is 1. The van der Waals surface area contributed by atoms with Crippen LogP contribution >= 0.6 is 0 Å². The molecule has 3 heterocycles. The molecule has 1 aliphatic rings. The Balaban J connectivity index is 1.55.